The van der Waals surface area contributed by atoms with Crippen molar-refractivity contribution in [3.63, 3.8) is 0 Å². The van der Waals surface area contributed by atoms with Crippen molar-refractivity contribution in [2.24, 2.45) is 10.7 Å². The number of anilines is 1. The minimum atomic E-state index is 0.515. The molecule has 4 heteroatoms. The van der Waals surface area contributed by atoms with E-state index in [-0.39, 0.29) is 0 Å². The Hall–Kier alpha value is -1.55. The number of hydrogen-bond donors (Lipinski definition) is 2. The second kappa shape index (κ2) is 4.79. The third-order valence-corrected chi connectivity index (χ3v) is 2.20. The van der Waals surface area contributed by atoms with Gasteiger partial charge in [-0.1, -0.05) is 12.1 Å². The molecule has 1 heterocycles. The van der Waals surface area contributed by atoms with Gasteiger partial charge < -0.3 is 15.8 Å². The molecule has 0 spiro atoms. The Kier molecular flexibility index (Phi) is 3.19. The first-order valence-corrected chi connectivity index (χ1v) is 5.12. The van der Waals surface area contributed by atoms with Crippen LogP contribution in [0.15, 0.2) is 29.3 Å². The van der Waals surface area contributed by atoms with Crippen molar-refractivity contribution < 1.29 is 4.74 Å². The molecule has 3 N–H and O–H groups in total. The molecule has 0 aliphatic carbocycles. The van der Waals surface area contributed by atoms with Crippen molar-refractivity contribution in [3.05, 3.63) is 24.3 Å². The standard InChI is InChI=1S/C11H15N3O/c12-6-3-7-13-11-8-15-10-5-2-1-4-9(10)14-11/h1-2,4-5H,3,6-8,12H2,(H,13,14). The zero-order valence-electron chi connectivity index (χ0n) is 8.57. The summed E-state index contributed by atoms with van der Waals surface area (Å²) >= 11 is 0. The molecule has 0 fully saturated rings. The van der Waals surface area contributed by atoms with E-state index < -0.39 is 0 Å². The lowest BCUT2D eigenvalue weighted by Gasteiger charge is -2.20. The van der Waals surface area contributed by atoms with Crippen LogP contribution in [0.25, 0.3) is 0 Å². The number of ether oxygens (including phenoxy) is 1. The Balaban J connectivity index is 2.02. The maximum atomic E-state index is 5.54. The number of amidine groups is 1. The molecule has 2 rings (SSSR count). The summed E-state index contributed by atoms with van der Waals surface area (Å²) in [6, 6.07) is 7.85. The molecule has 1 aliphatic heterocycles. The maximum Gasteiger partial charge on any atom is 0.145 e. The molecule has 0 bridgehead atoms. The van der Waals surface area contributed by atoms with Gasteiger partial charge in [-0.25, -0.2) is 0 Å². The SMILES string of the molecule is NCCCN=C1COc2ccccc2N1. The third-order valence-electron chi connectivity index (χ3n) is 2.20. The number of nitrogens with two attached hydrogens (primary N) is 1. The lowest BCUT2D eigenvalue weighted by Crippen LogP contribution is -2.26. The van der Waals surface area contributed by atoms with Crippen LogP contribution in [0.3, 0.4) is 0 Å². The number of fused-ring (bicyclic) bond motifs is 1. The van der Waals surface area contributed by atoms with Crippen molar-refractivity contribution in [3.8, 4) is 5.75 Å². The highest BCUT2D eigenvalue weighted by molar-refractivity contribution is 5.99. The van der Waals surface area contributed by atoms with Gasteiger partial charge >= 0.3 is 0 Å². The van der Waals surface area contributed by atoms with Crippen molar-refractivity contribution >= 4 is 11.5 Å². The quantitative estimate of drug-likeness (QED) is 0.730. The van der Waals surface area contributed by atoms with E-state index in [0.29, 0.717) is 13.2 Å². The van der Waals surface area contributed by atoms with E-state index in [9.17, 15) is 0 Å². The lowest BCUT2D eigenvalue weighted by molar-refractivity contribution is 0.372. The van der Waals surface area contributed by atoms with Gasteiger partial charge in [0, 0.05) is 6.54 Å². The molecule has 0 radical (unpaired) electrons. The van der Waals surface area contributed by atoms with Crippen LogP contribution in [-0.4, -0.2) is 25.5 Å². The van der Waals surface area contributed by atoms with Gasteiger partial charge in [-0.05, 0) is 25.1 Å². The van der Waals surface area contributed by atoms with Crippen LogP contribution in [0, 0.1) is 0 Å². The summed E-state index contributed by atoms with van der Waals surface area (Å²) in [5.41, 5.74) is 6.38. The van der Waals surface area contributed by atoms with E-state index in [1.54, 1.807) is 0 Å². The van der Waals surface area contributed by atoms with E-state index in [2.05, 4.69) is 10.3 Å². The molecule has 1 aliphatic rings. The number of nitrogens with zero attached hydrogens (tertiary/aromatic N) is 1. The molecule has 1 aromatic rings. The molecule has 0 saturated carbocycles. The largest absolute Gasteiger partial charge is 0.484 e. The van der Waals surface area contributed by atoms with Crippen LogP contribution in [0.4, 0.5) is 5.69 Å². The molecule has 80 valence electrons. The summed E-state index contributed by atoms with van der Waals surface area (Å²) in [6.45, 7) is 1.94. The molecule has 0 amide bonds. The van der Waals surface area contributed by atoms with Crippen LogP contribution in [0.2, 0.25) is 0 Å². The van der Waals surface area contributed by atoms with Crippen LogP contribution >= 0.6 is 0 Å². The first kappa shape index (κ1) is 9.98. The number of hydrogen-bond acceptors (Lipinski definition) is 3. The van der Waals surface area contributed by atoms with Crippen molar-refractivity contribution in [2.75, 3.05) is 25.0 Å². The smallest absolute Gasteiger partial charge is 0.145 e. The molecule has 1 aromatic carbocycles. The van der Waals surface area contributed by atoms with Crippen LogP contribution in [-0.2, 0) is 0 Å². The number of aliphatic imine (C=N–C) groups is 1. The van der Waals surface area contributed by atoms with Crippen molar-refractivity contribution in [1.29, 1.82) is 0 Å². The molecule has 0 atom stereocenters. The maximum absolute atomic E-state index is 5.54. The van der Waals surface area contributed by atoms with Crippen molar-refractivity contribution in [2.45, 2.75) is 6.42 Å². The highest BCUT2D eigenvalue weighted by Gasteiger charge is 2.12. The van der Waals surface area contributed by atoms with Crippen LogP contribution in [0.5, 0.6) is 5.75 Å². The third kappa shape index (κ3) is 2.47. The molecule has 0 unspecified atom stereocenters. The number of para-hydroxylation sites is 2. The molecule has 4 nitrogen and oxygen atoms in total. The minimum absolute atomic E-state index is 0.515. The first-order valence-electron chi connectivity index (χ1n) is 5.12. The summed E-state index contributed by atoms with van der Waals surface area (Å²) in [6.07, 6.45) is 0.910. The number of rotatable bonds is 3. The average Bonchev–Trinajstić information content (AvgIpc) is 2.29. The summed E-state index contributed by atoms with van der Waals surface area (Å²) < 4.78 is 5.54. The second-order valence-electron chi connectivity index (χ2n) is 3.38. The molecule has 0 aromatic heterocycles. The second-order valence-corrected chi connectivity index (χ2v) is 3.38. The Labute approximate surface area is 89.1 Å². The molecule has 15 heavy (non-hydrogen) atoms. The van der Waals surface area contributed by atoms with Gasteiger partial charge in [-0.15, -0.1) is 0 Å². The Morgan fingerprint density at radius 3 is 3.13 bits per heavy atom. The lowest BCUT2D eigenvalue weighted by atomic mass is 10.2. The first-order chi connectivity index (χ1) is 7.40. The molecular weight excluding hydrogens is 190 g/mol. The fourth-order valence-electron chi connectivity index (χ4n) is 1.42. The zero-order chi connectivity index (χ0) is 10.5. The summed E-state index contributed by atoms with van der Waals surface area (Å²) in [4.78, 5) is 4.37. The fraction of sp³-hybridized carbons (Fsp3) is 0.364. The van der Waals surface area contributed by atoms with Gasteiger partial charge in [0.25, 0.3) is 0 Å². The summed E-state index contributed by atoms with van der Waals surface area (Å²) in [5, 5.41) is 3.24. The Morgan fingerprint density at radius 2 is 2.27 bits per heavy atom. The highest BCUT2D eigenvalue weighted by Crippen LogP contribution is 2.26. The van der Waals surface area contributed by atoms with Gasteiger partial charge in [0.2, 0.25) is 0 Å². The van der Waals surface area contributed by atoms with Gasteiger partial charge in [-0.2, -0.15) is 0 Å². The van der Waals surface area contributed by atoms with Gasteiger partial charge in [0.15, 0.2) is 0 Å². The van der Waals surface area contributed by atoms with Crippen LogP contribution < -0.4 is 15.8 Å². The molecular formula is C11H15N3O. The van der Waals surface area contributed by atoms with E-state index in [0.717, 1.165) is 30.2 Å². The monoisotopic (exact) mass is 205 g/mol. The highest BCUT2D eigenvalue weighted by atomic mass is 16.5. The predicted octanol–water partition coefficient (Wildman–Crippen LogP) is 1.24. The summed E-state index contributed by atoms with van der Waals surface area (Å²) in [7, 11) is 0. The van der Waals surface area contributed by atoms with Crippen LogP contribution in [0.1, 0.15) is 6.42 Å². The van der Waals surface area contributed by atoms with Gasteiger partial charge in [0.05, 0.1) is 5.69 Å². The minimum Gasteiger partial charge on any atom is -0.484 e. The molecule has 0 saturated heterocycles. The van der Waals surface area contributed by atoms with Gasteiger partial charge in [-0.3, -0.25) is 4.99 Å². The van der Waals surface area contributed by atoms with Crippen molar-refractivity contribution in [1.82, 2.24) is 0 Å². The predicted molar refractivity (Wildman–Crippen MR) is 61.5 cm³/mol. The number of benzene rings is 1. The van der Waals surface area contributed by atoms with E-state index in [1.165, 1.54) is 0 Å². The van der Waals surface area contributed by atoms with E-state index >= 15 is 0 Å². The van der Waals surface area contributed by atoms with E-state index in [4.69, 9.17) is 10.5 Å². The zero-order valence-corrected chi connectivity index (χ0v) is 8.57. The average molecular weight is 205 g/mol. The summed E-state index contributed by atoms with van der Waals surface area (Å²) in [5.74, 6) is 1.76. The fourth-order valence-corrected chi connectivity index (χ4v) is 1.42. The van der Waals surface area contributed by atoms with E-state index in [1.807, 2.05) is 24.3 Å². The topological polar surface area (TPSA) is 59.6 Å². The Morgan fingerprint density at radius 1 is 1.40 bits per heavy atom. The Bertz CT molecular complexity index is 363. The number of nitrogens with one attached hydrogen (secondary N) is 1. The van der Waals surface area contributed by atoms with Gasteiger partial charge in [0.1, 0.15) is 18.2 Å². The normalized spacial score (nSPS) is 16.7.